The first kappa shape index (κ1) is 19.8. The second-order valence-electron chi connectivity index (χ2n) is 7.91. The lowest BCUT2D eigenvalue weighted by molar-refractivity contribution is -0.121. The number of imidazole rings is 1. The Labute approximate surface area is 184 Å². The number of carbonyl (C=O) groups is 1. The van der Waals surface area contributed by atoms with Crippen LogP contribution in [0.5, 0.6) is 0 Å². The molecule has 1 aliphatic heterocycles. The zero-order chi connectivity index (χ0) is 21.2. The van der Waals surface area contributed by atoms with Gasteiger partial charge < -0.3 is 5.32 Å². The van der Waals surface area contributed by atoms with Crippen LogP contribution in [-0.4, -0.2) is 43.4 Å². The van der Waals surface area contributed by atoms with Crippen LogP contribution < -0.4 is 5.32 Å². The summed E-state index contributed by atoms with van der Waals surface area (Å²) in [5, 5.41) is 6.26. The molecule has 1 N–H and O–H groups in total. The monoisotopic (exact) mass is 432 g/mol. The topological polar surface area (TPSA) is 75.9 Å². The molecule has 0 unspecified atom stereocenters. The first-order valence-electron chi connectivity index (χ1n) is 10.5. The van der Waals surface area contributed by atoms with E-state index in [1.807, 2.05) is 47.9 Å². The standard InChI is InChI=1S/C23H24N6OS/c1-16-26-19(14-31-16)13-28-10-8-17(9-11-28)23(30)27-18-6-7-22(24-12-18)29-15-25-20-4-2-3-5-21(20)29/h2-7,12,14-15,17H,8-11,13H2,1H3,(H,27,30). The highest BCUT2D eigenvalue weighted by Gasteiger charge is 2.25. The third-order valence-corrected chi connectivity index (χ3v) is 6.55. The normalized spacial score (nSPS) is 15.4. The fraction of sp³-hybridized carbons (Fsp3) is 0.304. The highest BCUT2D eigenvalue weighted by molar-refractivity contribution is 7.09. The Morgan fingerprint density at radius 1 is 1.16 bits per heavy atom. The largest absolute Gasteiger partial charge is 0.324 e. The van der Waals surface area contributed by atoms with E-state index in [-0.39, 0.29) is 11.8 Å². The number of nitrogens with one attached hydrogen (secondary N) is 1. The Hall–Kier alpha value is -3.10. The highest BCUT2D eigenvalue weighted by Crippen LogP contribution is 2.22. The molecule has 7 nitrogen and oxygen atoms in total. The number of aromatic nitrogens is 4. The number of hydrogen-bond acceptors (Lipinski definition) is 6. The number of benzene rings is 1. The second kappa shape index (κ2) is 8.56. The van der Waals surface area contributed by atoms with Gasteiger partial charge in [0.15, 0.2) is 0 Å². The van der Waals surface area contributed by atoms with Gasteiger partial charge in [-0.15, -0.1) is 11.3 Å². The molecule has 1 aliphatic rings. The van der Waals surface area contributed by atoms with E-state index in [2.05, 4.69) is 30.5 Å². The van der Waals surface area contributed by atoms with Gasteiger partial charge in [-0.3, -0.25) is 14.3 Å². The molecule has 1 saturated heterocycles. The molecule has 1 aromatic carbocycles. The number of aryl methyl sites for hydroxylation is 1. The van der Waals surface area contributed by atoms with Gasteiger partial charge in [0.2, 0.25) is 5.91 Å². The first-order chi connectivity index (χ1) is 15.2. The number of carbonyl (C=O) groups excluding carboxylic acids is 1. The van der Waals surface area contributed by atoms with Gasteiger partial charge in [0.1, 0.15) is 12.1 Å². The summed E-state index contributed by atoms with van der Waals surface area (Å²) in [5.41, 5.74) is 3.78. The van der Waals surface area contributed by atoms with Crippen LogP contribution in [0, 0.1) is 12.8 Å². The fourth-order valence-electron chi connectivity index (χ4n) is 4.05. The van der Waals surface area contributed by atoms with Gasteiger partial charge in [-0.25, -0.2) is 15.0 Å². The molecule has 5 rings (SSSR count). The number of pyridine rings is 1. The predicted molar refractivity (Wildman–Crippen MR) is 122 cm³/mol. The predicted octanol–water partition coefficient (Wildman–Crippen LogP) is 4.04. The number of hydrogen-bond donors (Lipinski definition) is 1. The van der Waals surface area contributed by atoms with Gasteiger partial charge in [-0.05, 0) is 57.1 Å². The minimum atomic E-state index is 0.0330. The van der Waals surface area contributed by atoms with Gasteiger partial charge in [0.25, 0.3) is 0 Å². The van der Waals surface area contributed by atoms with E-state index >= 15 is 0 Å². The quantitative estimate of drug-likeness (QED) is 0.515. The third kappa shape index (κ3) is 4.35. The molecule has 0 bridgehead atoms. The molecule has 4 heterocycles. The van der Waals surface area contributed by atoms with Crippen molar-refractivity contribution in [2.24, 2.45) is 5.92 Å². The molecule has 0 atom stereocenters. The summed E-state index contributed by atoms with van der Waals surface area (Å²) in [6.07, 6.45) is 5.21. The molecule has 0 aliphatic carbocycles. The van der Waals surface area contributed by atoms with Crippen LogP contribution in [-0.2, 0) is 11.3 Å². The summed E-state index contributed by atoms with van der Waals surface area (Å²) in [6.45, 7) is 4.73. The van der Waals surface area contributed by atoms with Crippen LogP contribution >= 0.6 is 11.3 Å². The molecule has 31 heavy (non-hydrogen) atoms. The van der Waals surface area contributed by atoms with Crippen molar-refractivity contribution >= 4 is 34.0 Å². The molecular formula is C23H24N6OS. The number of rotatable bonds is 5. The van der Waals surface area contributed by atoms with Crippen LogP contribution in [0.1, 0.15) is 23.5 Å². The van der Waals surface area contributed by atoms with Crippen LogP contribution in [0.4, 0.5) is 5.69 Å². The maximum absolute atomic E-state index is 12.7. The molecule has 0 spiro atoms. The average molecular weight is 433 g/mol. The van der Waals surface area contributed by atoms with Gasteiger partial charge in [0.05, 0.1) is 33.6 Å². The SMILES string of the molecule is Cc1nc(CN2CCC(C(=O)Nc3ccc(-n4cnc5ccccc54)nc3)CC2)cs1. The number of thiazole rings is 1. The third-order valence-electron chi connectivity index (χ3n) is 5.73. The molecule has 4 aromatic rings. The Balaban J connectivity index is 1.17. The van der Waals surface area contributed by atoms with Crippen molar-refractivity contribution in [2.75, 3.05) is 18.4 Å². The number of anilines is 1. The lowest BCUT2D eigenvalue weighted by atomic mass is 9.95. The maximum atomic E-state index is 12.7. The molecule has 1 amide bonds. The Kier molecular flexibility index (Phi) is 5.48. The number of nitrogens with zero attached hydrogens (tertiary/aromatic N) is 5. The minimum absolute atomic E-state index is 0.0330. The first-order valence-corrected chi connectivity index (χ1v) is 11.4. The molecule has 0 saturated carbocycles. The Bertz CT molecular complexity index is 1190. The molecule has 3 aromatic heterocycles. The van der Waals surface area contributed by atoms with Gasteiger partial charge in [-0.1, -0.05) is 12.1 Å². The van der Waals surface area contributed by atoms with Crippen LogP contribution in [0.2, 0.25) is 0 Å². The second-order valence-corrected chi connectivity index (χ2v) is 8.97. The number of likely N-dealkylation sites (tertiary alicyclic amines) is 1. The van der Waals surface area contributed by atoms with E-state index < -0.39 is 0 Å². The Morgan fingerprint density at radius 3 is 2.74 bits per heavy atom. The van der Waals surface area contributed by atoms with Crippen molar-refractivity contribution in [1.29, 1.82) is 0 Å². The number of piperidine rings is 1. The summed E-state index contributed by atoms with van der Waals surface area (Å²) in [7, 11) is 0. The highest BCUT2D eigenvalue weighted by atomic mass is 32.1. The molecule has 8 heteroatoms. The van der Waals surface area contributed by atoms with Crippen molar-refractivity contribution in [2.45, 2.75) is 26.3 Å². The molecule has 1 fully saturated rings. The van der Waals surface area contributed by atoms with Crippen molar-refractivity contribution < 1.29 is 4.79 Å². The molecule has 0 radical (unpaired) electrons. The van der Waals surface area contributed by atoms with E-state index in [1.165, 1.54) is 0 Å². The summed E-state index contributed by atoms with van der Waals surface area (Å²) >= 11 is 1.69. The summed E-state index contributed by atoms with van der Waals surface area (Å²) in [4.78, 5) is 28.6. The van der Waals surface area contributed by atoms with Crippen molar-refractivity contribution in [3.63, 3.8) is 0 Å². The van der Waals surface area contributed by atoms with Gasteiger partial charge in [0, 0.05) is 17.8 Å². The average Bonchev–Trinajstić information content (AvgIpc) is 3.41. The van der Waals surface area contributed by atoms with Gasteiger partial charge >= 0.3 is 0 Å². The number of amides is 1. The zero-order valence-corrected chi connectivity index (χ0v) is 18.2. The molecule has 158 valence electrons. The van der Waals surface area contributed by atoms with E-state index in [0.717, 1.165) is 65.7 Å². The van der Waals surface area contributed by atoms with E-state index in [9.17, 15) is 4.79 Å². The Morgan fingerprint density at radius 2 is 2.00 bits per heavy atom. The molecular weight excluding hydrogens is 408 g/mol. The lowest BCUT2D eigenvalue weighted by Crippen LogP contribution is -2.37. The van der Waals surface area contributed by atoms with Gasteiger partial charge in [-0.2, -0.15) is 0 Å². The van der Waals surface area contributed by atoms with E-state index in [1.54, 1.807) is 23.9 Å². The van der Waals surface area contributed by atoms with Crippen molar-refractivity contribution in [3.8, 4) is 5.82 Å². The van der Waals surface area contributed by atoms with E-state index in [0.29, 0.717) is 0 Å². The smallest absolute Gasteiger partial charge is 0.227 e. The lowest BCUT2D eigenvalue weighted by Gasteiger charge is -2.30. The number of fused-ring (bicyclic) bond motifs is 1. The van der Waals surface area contributed by atoms with Crippen LogP contribution in [0.3, 0.4) is 0 Å². The van der Waals surface area contributed by atoms with E-state index in [4.69, 9.17) is 0 Å². The summed E-state index contributed by atoms with van der Waals surface area (Å²) in [6, 6.07) is 11.7. The summed E-state index contributed by atoms with van der Waals surface area (Å²) in [5.74, 6) is 0.884. The van der Waals surface area contributed by atoms with Crippen molar-refractivity contribution in [3.05, 3.63) is 65.0 Å². The van der Waals surface area contributed by atoms with Crippen molar-refractivity contribution in [1.82, 2.24) is 24.4 Å². The summed E-state index contributed by atoms with van der Waals surface area (Å²) < 4.78 is 1.94. The fourth-order valence-corrected chi connectivity index (χ4v) is 4.66. The van der Waals surface area contributed by atoms with Crippen LogP contribution in [0.25, 0.3) is 16.9 Å². The number of para-hydroxylation sites is 2. The van der Waals surface area contributed by atoms with Crippen LogP contribution in [0.15, 0.2) is 54.3 Å². The maximum Gasteiger partial charge on any atom is 0.227 e. The minimum Gasteiger partial charge on any atom is -0.324 e. The zero-order valence-electron chi connectivity index (χ0n) is 17.4.